The molecule has 3 aromatic carbocycles. The summed E-state index contributed by atoms with van der Waals surface area (Å²) in [5.74, 6) is -0.212. The second kappa shape index (κ2) is 17.9. The standard InChI is InChI=1S/C52H62N8O8S/c1-33-7-4-5-8-39(33)42-9-6-22-58(42)37-28-52(29-37)19-23-57(24-20-52)36-10-12-40(43(26-36)59-45-25-35-16-21-53-48(35)55-50(45)68-47-32-67-31-46(47)59)49(61)56-69(64,65)38-11-13-41(44(27-38)60(62)63)54-30-34-14-17-51(2,66-3)18-15-34/h4-5,7-8,10-13,16,21,25-27,34,37,42,46-47,54H,6,9,14-15,17-20,22-24,28-32H2,1-3H3,(H,53,55)(H,56,61)/t34-,42-,46+,47+,51-/m0/s1. The van der Waals surface area contributed by atoms with Gasteiger partial charge in [0.2, 0.25) is 5.88 Å². The number of aryl methyl sites for hydroxylation is 1. The molecule has 0 radical (unpaired) electrons. The number of carbonyl (C=O) groups excluding carboxylic acids is 1. The summed E-state index contributed by atoms with van der Waals surface area (Å²) in [7, 11) is -2.87. The van der Waals surface area contributed by atoms with Gasteiger partial charge in [-0.05, 0) is 150 Å². The number of piperidine rings is 1. The number of aromatic nitrogens is 2. The molecule has 0 bridgehead atoms. The van der Waals surface area contributed by atoms with Crippen LogP contribution < -0.4 is 24.6 Å². The van der Waals surface area contributed by atoms with Gasteiger partial charge in [0.15, 0.2) is 0 Å². The van der Waals surface area contributed by atoms with Crippen molar-refractivity contribution in [2.24, 2.45) is 11.3 Å². The molecule has 2 saturated carbocycles. The molecule has 2 aromatic heterocycles. The first-order chi connectivity index (χ1) is 33.3. The van der Waals surface area contributed by atoms with Crippen molar-refractivity contribution in [1.82, 2.24) is 19.6 Å². The van der Waals surface area contributed by atoms with Gasteiger partial charge in [-0.15, -0.1) is 0 Å². The Bertz CT molecular complexity index is 2880. The fraction of sp³-hybridized carbons (Fsp3) is 0.500. The number of hydrogen-bond donors (Lipinski definition) is 3. The maximum Gasteiger partial charge on any atom is 0.293 e. The average Bonchev–Trinajstić information content (AvgIpc) is 4.13. The SMILES string of the molecule is CO[C@]1(C)CC[C@@H](CNc2ccc(S(=O)(=O)NC(=O)c3ccc(N4CCC5(CC4)CC(N4CCC[C@H]4c4ccccc4C)C5)cc3N3c4cc5cc[nH]c5nc4O[C@@H]4COC[C@H]43)cc2[N+](=O)[O-])CC1. The van der Waals surface area contributed by atoms with Gasteiger partial charge < -0.3 is 34.3 Å². The van der Waals surface area contributed by atoms with Gasteiger partial charge in [0.05, 0.1) is 45.9 Å². The number of H-pyrrole nitrogens is 1. The minimum atomic E-state index is -4.59. The zero-order valence-corrected chi connectivity index (χ0v) is 40.4. The lowest BCUT2D eigenvalue weighted by Crippen LogP contribution is -2.55. The molecule has 364 valence electrons. The highest BCUT2D eigenvalue weighted by atomic mass is 32.2. The van der Waals surface area contributed by atoms with E-state index in [-0.39, 0.29) is 28.8 Å². The third-order valence-electron chi connectivity index (χ3n) is 16.6. The molecule has 69 heavy (non-hydrogen) atoms. The van der Waals surface area contributed by atoms with Gasteiger partial charge in [-0.1, -0.05) is 24.3 Å². The number of fused-ring (bicyclic) bond motifs is 3. The number of nitro benzene ring substituents is 1. The summed E-state index contributed by atoms with van der Waals surface area (Å²) in [5, 5.41) is 16.4. The number of ether oxygens (including phenoxy) is 3. The number of likely N-dealkylation sites (tertiary alicyclic amines) is 1. The van der Waals surface area contributed by atoms with Crippen LogP contribution in [0.5, 0.6) is 5.88 Å². The zero-order valence-electron chi connectivity index (χ0n) is 39.6. The zero-order chi connectivity index (χ0) is 47.7. The third kappa shape index (κ3) is 8.58. The first-order valence-electron chi connectivity index (χ1n) is 24.7. The van der Waals surface area contributed by atoms with E-state index >= 15 is 0 Å². The number of methoxy groups -OCH3 is 1. The molecular weight excluding hydrogens is 897 g/mol. The number of carbonyl (C=O) groups is 1. The largest absolute Gasteiger partial charge is 0.468 e. The Balaban J connectivity index is 0.855. The van der Waals surface area contributed by atoms with Gasteiger partial charge in [-0.2, -0.15) is 4.98 Å². The third-order valence-corrected chi connectivity index (χ3v) is 17.9. The van der Waals surface area contributed by atoms with Gasteiger partial charge in [0.25, 0.3) is 21.6 Å². The highest BCUT2D eigenvalue weighted by Gasteiger charge is 2.50. The van der Waals surface area contributed by atoms with Gasteiger partial charge >= 0.3 is 0 Å². The molecule has 11 rings (SSSR count). The number of hydrogen-bond acceptors (Lipinski definition) is 13. The van der Waals surface area contributed by atoms with Gasteiger partial charge in [-0.3, -0.25) is 19.8 Å². The van der Waals surface area contributed by atoms with E-state index in [2.05, 4.69) is 62.9 Å². The number of sulfonamides is 1. The molecule has 0 unspecified atom stereocenters. The van der Waals surface area contributed by atoms with Crippen LogP contribution in [0.4, 0.5) is 28.4 Å². The van der Waals surface area contributed by atoms with Crippen LogP contribution in [0.25, 0.3) is 11.0 Å². The van der Waals surface area contributed by atoms with Crippen molar-refractivity contribution in [1.29, 1.82) is 0 Å². The lowest BCUT2D eigenvalue weighted by atomic mass is 9.59. The number of rotatable bonds is 12. The van der Waals surface area contributed by atoms with Crippen molar-refractivity contribution in [2.75, 3.05) is 61.6 Å². The number of amides is 1. The second-order valence-corrected chi connectivity index (χ2v) is 22.4. The summed E-state index contributed by atoms with van der Waals surface area (Å²) in [5.41, 5.74) is 5.60. The number of nitrogens with zero attached hydrogens (tertiary/aromatic N) is 5. The van der Waals surface area contributed by atoms with E-state index < -0.39 is 37.5 Å². The van der Waals surface area contributed by atoms with E-state index in [4.69, 9.17) is 19.2 Å². The minimum absolute atomic E-state index is 0.115. The molecule has 6 heterocycles. The first-order valence-corrected chi connectivity index (χ1v) is 26.1. The summed E-state index contributed by atoms with van der Waals surface area (Å²) in [4.78, 5) is 41.2. The quantitative estimate of drug-likeness (QED) is 0.0797. The Morgan fingerprint density at radius 1 is 0.971 bits per heavy atom. The number of nitro groups is 1. The van der Waals surface area contributed by atoms with Crippen molar-refractivity contribution in [2.45, 2.75) is 113 Å². The highest BCUT2D eigenvalue weighted by Crippen LogP contribution is 2.54. The van der Waals surface area contributed by atoms with Crippen LogP contribution in [0.1, 0.15) is 98.7 Å². The van der Waals surface area contributed by atoms with Crippen LogP contribution in [0.2, 0.25) is 0 Å². The molecule has 17 heteroatoms. The highest BCUT2D eigenvalue weighted by molar-refractivity contribution is 7.90. The number of pyridine rings is 1. The maximum atomic E-state index is 14.6. The van der Waals surface area contributed by atoms with Crippen LogP contribution in [-0.4, -0.2) is 104 Å². The van der Waals surface area contributed by atoms with Crippen LogP contribution in [0.3, 0.4) is 0 Å². The summed E-state index contributed by atoms with van der Waals surface area (Å²) in [6.45, 7) is 8.31. The van der Waals surface area contributed by atoms with E-state index in [1.165, 1.54) is 48.9 Å². The molecule has 1 amide bonds. The van der Waals surface area contributed by atoms with Crippen LogP contribution in [0.15, 0.2) is 83.9 Å². The maximum absolute atomic E-state index is 14.6. The van der Waals surface area contributed by atoms with Crippen LogP contribution in [-0.2, 0) is 19.5 Å². The average molecular weight is 959 g/mol. The van der Waals surface area contributed by atoms with Gasteiger partial charge in [-0.25, -0.2) is 13.1 Å². The molecular formula is C52H62N8O8S. The fourth-order valence-corrected chi connectivity index (χ4v) is 13.3. The van der Waals surface area contributed by atoms with Crippen LogP contribution in [0, 0.1) is 28.4 Å². The van der Waals surface area contributed by atoms with Gasteiger partial charge in [0.1, 0.15) is 23.1 Å². The molecule has 5 fully saturated rings. The van der Waals surface area contributed by atoms with Crippen LogP contribution >= 0.6 is 0 Å². The Hall–Kier alpha value is -5.75. The van der Waals surface area contributed by atoms with Crippen molar-refractivity contribution in [3.63, 3.8) is 0 Å². The number of benzene rings is 3. The lowest BCUT2D eigenvalue weighted by molar-refractivity contribution is -0.384. The van der Waals surface area contributed by atoms with E-state index in [9.17, 15) is 23.3 Å². The summed E-state index contributed by atoms with van der Waals surface area (Å²) in [6, 6.07) is 22.7. The van der Waals surface area contributed by atoms with Crippen molar-refractivity contribution < 1.29 is 32.3 Å². The Morgan fingerprint density at radius 2 is 1.77 bits per heavy atom. The minimum Gasteiger partial charge on any atom is -0.468 e. The molecule has 16 nitrogen and oxygen atoms in total. The smallest absolute Gasteiger partial charge is 0.293 e. The van der Waals surface area contributed by atoms with E-state index in [1.54, 1.807) is 13.2 Å². The molecule has 4 aliphatic heterocycles. The molecule has 3 saturated heterocycles. The van der Waals surface area contributed by atoms with E-state index in [0.717, 1.165) is 75.3 Å². The summed E-state index contributed by atoms with van der Waals surface area (Å²) >= 11 is 0. The first kappa shape index (κ1) is 45.7. The Morgan fingerprint density at radius 3 is 2.54 bits per heavy atom. The number of nitrogens with one attached hydrogen (secondary N) is 3. The molecule has 2 aliphatic carbocycles. The van der Waals surface area contributed by atoms with Crippen molar-refractivity contribution in [3.8, 4) is 5.88 Å². The fourth-order valence-electron chi connectivity index (χ4n) is 12.3. The van der Waals surface area contributed by atoms with E-state index in [1.807, 2.05) is 35.4 Å². The Labute approximate surface area is 403 Å². The summed E-state index contributed by atoms with van der Waals surface area (Å²) in [6.07, 6.45) is 11.9. The number of anilines is 4. The monoisotopic (exact) mass is 958 g/mol. The summed E-state index contributed by atoms with van der Waals surface area (Å²) < 4.78 is 48.6. The molecule has 1 spiro atoms. The van der Waals surface area contributed by atoms with E-state index in [0.29, 0.717) is 60.2 Å². The van der Waals surface area contributed by atoms with Crippen molar-refractivity contribution in [3.05, 3.63) is 106 Å². The number of aromatic amines is 1. The predicted octanol–water partition coefficient (Wildman–Crippen LogP) is 8.79. The second-order valence-electron chi connectivity index (χ2n) is 20.7. The normalized spacial score (nSPS) is 25.8. The lowest BCUT2D eigenvalue weighted by Gasteiger charge is -2.56. The Kier molecular flexibility index (Phi) is 11.8. The predicted molar refractivity (Wildman–Crippen MR) is 264 cm³/mol. The van der Waals surface area contributed by atoms with Gasteiger partial charge in [0, 0.05) is 62.2 Å². The topological polar surface area (TPSA) is 184 Å². The molecule has 3 atom stereocenters. The molecule has 3 N–H and O–H groups in total. The molecule has 6 aliphatic rings. The molecule has 5 aromatic rings. The van der Waals surface area contributed by atoms with Crippen molar-refractivity contribution >= 4 is 55.4 Å².